The number of carbonyl (C=O) groups excluding carboxylic acids is 1. The number of rotatable bonds is 5. The molecule has 0 saturated carbocycles. The van der Waals surface area contributed by atoms with Crippen molar-refractivity contribution in [2.75, 3.05) is 5.32 Å². The Hall–Kier alpha value is -2.32. The fourth-order valence-corrected chi connectivity index (χ4v) is 3.21. The van der Waals surface area contributed by atoms with Crippen LogP contribution in [0.1, 0.15) is 13.3 Å². The third-order valence-corrected chi connectivity index (χ3v) is 4.77. The second-order valence-corrected chi connectivity index (χ2v) is 6.61. The fourth-order valence-electron chi connectivity index (χ4n) is 2.12. The van der Waals surface area contributed by atoms with E-state index in [1.165, 1.54) is 18.1 Å². The molecule has 2 aromatic heterocycles. The Balaban J connectivity index is 1.77. The van der Waals surface area contributed by atoms with Crippen molar-refractivity contribution in [3.63, 3.8) is 0 Å². The van der Waals surface area contributed by atoms with E-state index in [4.69, 9.17) is 11.6 Å². The van der Waals surface area contributed by atoms with Gasteiger partial charge in [-0.1, -0.05) is 36.4 Å². The van der Waals surface area contributed by atoms with Crippen LogP contribution in [0.4, 0.5) is 5.69 Å². The molecule has 1 aromatic carbocycles. The number of aromatic amines is 2. The predicted molar refractivity (Wildman–Crippen MR) is 94.5 cm³/mol. The Morgan fingerprint density at radius 3 is 3.04 bits per heavy atom. The molecular formula is C15H14ClN5O2S. The van der Waals surface area contributed by atoms with Crippen LogP contribution in [0.2, 0.25) is 5.02 Å². The molecule has 1 atom stereocenters. The average Bonchev–Trinajstić information content (AvgIpc) is 3.01. The lowest BCUT2D eigenvalue weighted by Crippen LogP contribution is -2.25. The van der Waals surface area contributed by atoms with E-state index in [1.54, 1.807) is 24.3 Å². The van der Waals surface area contributed by atoms with Gasteiger partial charge in [0, 0.05) is 10.7 Å². The summed E-state index contributed by atoms with van der Waals surface area (Å²) < 4.78 is 0. The highest BCUT2D eigenvalue weighted by Crippen LogP contribution is 2.24. The minimum Gasteiger partial charge on any atom is -0.339 e. The number of carbonyl (C=O) groups is 1. The summed E-state index contributed by atoms with van der Waals surface area (Å²) in [6.45, 7) is 1.89. The molecule has 0 fully saturated rings. The van der Waals surface area contributed by atoms with Crippen LogP contribution in [0, 0.1) is 0 Å². The molecule has 0 unspecified atom stereocenters. The number of hydrogen-bond donors (Lipinski definition) is 3. The topological polar surface area (TPSA) is 104 Å². The molecule has 0 aliphatic heterocycles. The Morgan fingerprint density at radius 1 is 1.46 bits per heavy atom. The van der Waals surface area contributed by atoms with Crippen LogP contribution < -0.4 is 10.9 Å². The summed E-state index contributed by atoms with van der Waals surface area (Å²) in [4.78, 5) is 38.0. The zero-order valence-electron chi connectivity index (χ0n) is 12.7. The zero-order chi connectivity index (χ0) is 17.1. The van der Waals surface area contributed by atoms with Gasteiger partial charge < -0.3 is 10.3 Å². The first-order valence-corrected chi connectivity index (χ1v) is 8.49. The number of aromatic nitrogens is 4. The summed E-state index contributed by atoms with van der Waals surface area (Å²) in [5.74, 6) is -0.186. The van der Waals surface area contributed by atoms with Crippen LogP contribution in [0.15, 0.2) is 40.5 Å². The molecule has 0 saturated heterocycles. The number of thioether (sulfide) groups is 1. The van der Waals surface area contributed by atoms with Crippen LogP contribution in [-0.4, -0.2) is 31.1 Å². The first-order valence-electron chi connectivity index (χ1n) is 7.23. The van der Waals surface area contributed by atoms with Crippen LogP contribution in [0.25, 0.3) is 11.2 Å². The van der Waals surface area contributed by atoms with Crippen LogP contribution in [0.3, 0.4) is 0 Å². The number of amides is 1. The average molecular weight is 364 g/mol. The molecule has 7 nitrogen and oxygen atoms in total. The van der Waals surface area contributed by atoms with Crippen molar-refractivity contribution >= 4 is 46.1 Å². The van der Waals surface area contributed by atoms with Crippen molar-refractivity contribution in [3.05, 3.63) is 46.0 Å². The third kappa shape index (κ3) is 3.60. The van der Waals surface area contributed by atoms with Gasteiger partial charge in [0.1, 0.15) is 0 Å². The number of fused-ring (bicyclic) bond motifs is 1. The van der Waals surface area contributed by atoms with Crippen molar-refractivity contribution in [1.29, 1.82) is 0 Å². The molecule has 0 aliphatic rings. The fraction of sp³-hybridized carbons (Fsp3) is 0.200. The van der Waals surface area contributed by atoms with Gasteiger partial charge in [0.2, 0.25) is 5.91 Å². The molecule has 0 aliphatic carbocycles. The van der Waals surface area contributed by atoms with E-state index in [1.807, 2.05) is 6.92 Å². The molecule has 9 heteroatoms. The number of halogens is 1. The Morgan fingerprint density at radius 2 is 2.29 bits per heavy atom. The summed E-state index contributed by atoms with van der Waals surface area (Å²) in [5, 5.41) is 3.30. The normalized spacial score (nSPS) is 12.2. The van der Waals surface area contributed by atoms with E-state index < -0.39 is 5.25 Å². The number of nitrogens with one attached hydrogen (secondary N) is 3. The molecule has 3 rings (SSSR count). The minimum absolute atomic E-state index is 0.186. The lowest BCUT2D eigenvalue weighted by atomic mass is 10.3. The Bertz CT molecular complexity index is 939. The summed E-state index contributed by atoms with van der Waals surface area (Å²) in [6.07, 6.45) is 1.98. The van der Waals surface area contributed by atoms with Gasteiger partial charge in [-0.05, 0) is 24.6 Å². The second kappa shape index (κ2) is 7.06. The maximum absolute atomic E-state index is 12.4. The van der Waals surface area contributed by atoms with Crippen molar-refractivity contribution in [2.45, 2.75) is 23.8 Å². The summed E-state index contributed by atoms with van der Waals surface area (Å²) in [7, 11) is 0. The van der Waals surface area contributed by atoms with Gasteiger partial charge in [0.25, 0.3) is 5.56 Å². The second-order valence-electron chi connectivity index (χ2n) is 4.99. The predicted octanol–water partition coefficient (Wildman–Crippen LogP) is 2.81. The van der Waals surface area contributed by atoms with E-state index in [2.05, 4.69) is 25.3 Å². The van der Waals surface area contributed by atoms with Crippen molar-refractivity contribution in [1.82, 2.24) is 19.9 Å². The van der Waals surface area contributed by atoms with E-state index in [-0.39, 0.29) is 11.5 Å². The number of imidazole rings is 1. The number of anilines is 1. The monoisotopic (exact) mass is 363 g/mol. The van der Waals surface area contributed by atoms with Gasteiger partial charge in [-0.2, -0.15) is 0 Å². The van der Waals surface area contributed by atoms with Crippen molar-refractivity contribution in [2.24, 2.45) is 0 Å². The van der Waals surface area contributed by atoms with E-state index in [0.29, 0.717) is 33.5 Å². The Kier molecular flexibility index (Phi) is 4.86. The highest BCUT2D eigenvalue weighted by Gasteiger charge is 2.20. The van der Waals surface area contributed by atoms with Crippen LogP contribution in [-0.2, 0) is 4.79 Å². The summed E-state index contributed by atoms with van der Waals surface area (Å²) >= 11 is 7.10. The molecule has 124 valence electrons. The summed E-state index contributed by atoms with van der Waals surface area (Å²) in [5.41, 5.74) is 0.947. The number of hydrogen-bond acceptors (Lipinski definition) is 5. The quantitative estimate of drug-likeness (QED) is 0.477. The maximum atomic E-state index is 12.4. The van der Waals surface area contributed by atoms with Gasteiger partial charge in [0.05, 0.1) is 11.6 Å². The lowest BCUT2D eigenvalue weighted by Gasteiger charge is -2.14. The summed E-state index contributed by atoms with van der Waals surface area (Å²) in [6, 6.07) is 6.93. The van der Waals surface area contributed by atoms with Gasteiger partial charge in [-0.25, -0.2) is 9.97 Å². The molecule has 3 aromatic rings. The molecule has 0 radical (unpaired) electrons. The van der Waals surface area contributed by atoms with Crippen molar-refractivity contribution in [3.8, 4) is 0 Å². The van der Waals surface area contributed by atoms with Gasteiger partial charge in [0.15, 0.2) is 16.3 Å². The third-order valence-electron chi connectivity index (χ3n) is 3.28. The van der Waals surface area contributed by atoms with Gasteiger partial charge in [-0.15, -0.1) is 0 Å². The highest BCUT2D eigenvalue weighted by atomic mass is 35.5. The molecule has 2 heterocycles. The van der Waals surface area contributed by atoms with Gasteiger partial charge in [-0.3, -0.25) is 14.6 Å². The SMILES string of the molecule is CC[C@H](Sc1nc2nc[nH]c2c(=O)[nH]1)C(=O)Nc1cccc(Cl)c1. The van der Waals surface area contributed by atoms with Crippen molar-refractivity contribution < 1.29 is 4.79 Å². The molecule has 3 N–H and O–H groups in total. The number of H-pyrrole nitrogens is 2. The molecule has 0 spiro atoms. The number of nitrogens with zero attached hydrogens (tertiary/aromatic N) is 2. The van der Waals surface area contributed by atoms with Crippen LogP contribution in [0.5, 0.6) is 0 Å². The first-order chi connectivity index (χ1) is 11.6. The zero-order valence-corrected chi connectivity index (χ0v) is 14.2. The maximum Gasteiger partial charge on any atom is 0.277 e. The molecule has 1 amide bonds. The first kappa shape index (κ1) is 16.5. The lowest BCUT2D eigenvalue weighted by molar-refractivity contribution is -0.115. The molecular weight excluding hydrogens is 350 g/mol. The van der Waals surface area contributed by atoms with Gasteiger partial charge >= 0.3 is 0 Å². The standard InChI is InChI=1S/C15H14ClN5O2S/c1-2-10(13(22)19-9-5-3-4-8(16)6-9)24-15-20-12-11(14(23)21-15)17-7-18-12/h3-7,10H,2H2,1H3,(H,19,22)(H2,17,18,20,21,23)/t10-/m0/s1. The van der Waals surface area contributed by atoms with E-state index >= 15 is 0 Å². The highest BCUT2D eigenvalue weighted by molar-refractivity contribution is 8.00. The molecule has 0 bridgehead atoms. The van der Waals surface area contributed by atoms with E-state index in [9.17, 15) is 9.59 Å². The smallest absolute Gasteiger partial charge is 0.277 e. The Labute approximate surface area is 146 Å². The van der Waals surface area contributed by atoms with Crippen LogP contribution >= 0.6 is 23.4 Å². The largest absolute Gasteiger partial charge is 0.339 e. The number of benzene rings is 1. The van der Waals surface area contributed by atoms with E-state index in [0.717, 1.165) is 0 Å². The molecule has 24 heavy (non-hydrogen) atoms. The minimum atomic E-state index is -0.413.